The monoisotopic (exact) mass is 429 g/mol. The maximum atomic E-state index is 14.8. The summed E-state index contributed by atoms with van der Waals surface area (Å²) in [7, 11) is -4.09. The number of hydrogen-bond acceptors (Lipinski definition) is 6. The number of benzene rings is 2. The first-order valence-corrected chi connectivity index (χ1v) is 10.5. The van der Waals surface area contributed by atoms with Gasteiger partial charge in [-0.1, -0.05) is 25.1 Å². The Bertz CT molecular complexity index is 1230. The number of nitrogens with one attached hydrogen (secondary N) is 2. The summed E-state index contributed by atoms with van der Waals surface area (Å²) in [6.45, 7) is 1.84. The van der Waals surface area contributed by atoms with Gasteiger partial charge in [0.15, 0.2) is 0 Å². The molecule has 1 aliphatic heterocycles. The standard InChI is InChI=1S/C20H17F2N5O2S/c1-12(14-4-2-3-5-15(14)21)18-16(22)6-7-17-19(18)26-20(27-30(17,28)29)23-10-13-8-9-24-25-11-13/h2-9,11-12H,10H2,1H3,(H2,23,26,27)/t12-/m1/s1. The first-order valence-electron chi connectivity index (χ1n) is 9.05. The van der Waals surface area contributed by atoms with Crippen molar-refractivity contribution in [2.24, 2.45) is 4.40 Å². The molecular weight excluding hydrogens is 412 g/mol. The van der Waals surface area contributed by atoms with E-state index in [0.29, 0.717) is 0 Å². The molecule has 1 aromatic heterocycles. The molecule has 10 heteroatoms. The molecule has 30 heavy (non-hydrogen) atoms. The SMILES string of the molecule is C[C@H](c1ccccc1F)c1c(F)ccc2c1NC(NCc1ccnnc1)=NS2(=O)=O. The quantitative estimate of drug-likeness (QED) is 0.661. The van der Waals surface area contributed by atoms with Crippen molar-refractivity contribution in [3.05, 3.63) is 83.2 Å². The predicted molar refractivity (Wildman–Crippen MR) is 107 cm³/mol. The van der Waals surface area contributed by atoms with E-state index >= 15 is 0 Å². The van der Waals surface area contributed by atoms with Crippen molar-refractivity contribution in [1.29, 1.82) is 0 Å². The number of rotatable bonds is 4. The summed E-state index contributed by atoms with van der Waals surface area (Å²) in [5, 5.41) is 13.2. The molecule has 1 atom stereocenters. The molecule has 0 saturated carbocycles. The number of nitrogens with zero attached hydrogens (tertiary/aromatic N) is 3. The van der Waals surface area contributed by atoms with Crippen LogP contribution in [0.4, 0.5) is 14.5 Å². The number of hydrogen-bond donors (Lipinski definition) is 2. The van der Waals surface area contributed by atoms with Crippen molar-refractivity contribution in [2.75, 3.05) is 5.32 Å². The number of anilines is 1. The first-order chi connectivity index (χ1) is 14.4. The Balaban J connectivity index is 1.73. The van der Waals surface area contributed by atoms with Crippen LogP contribution >= 0.6 is 0 Å². The van der Waals surface area contributed by atoms with Gasteiger partial charge in [-0.15, -0.1) is 4.40 Å². The van der Waals surface area contributed by atoms with E-state index in [1.807, 2.05) is 0 Å². The molecule has 154 valence electrons. The van der Waals surface area contributed by atoms with Crippen LogP contribution in [-0.2, 0) is 16.6 Å². The van der Waals surface area contributed by atoms with Gasteiger partial charge >= 0.3 is 0 Å². The minimum absolute atomic E-state index is 0.0381. The van der Waals surface area contributed by atoms with E-state index in [1.165, 1.54) is 24.5 Å². The third-order valence-corrected chi connectivity index (χ3v) is 6.12. The molecule has 3 aromatic rings. The van der Waals surface area contributed by atoms with Crippen molar-refractivity contribution in [3.8, 4) is 0 Å². The lowest BCUT2D eigenvalue weighted by Gasteiger charge is -2.25. The van der Waals surface area contributed by atoms with Crippen molar-refractivity contribution in [2.45, 2.75) is 24.3 Å². The fourth-order valence-corrected chi connectivity index (χ4v) is 4.43. The van der Waals surface area contributed by atoms with E-state index in [4.69, 9.17) is 0 Å². The minimum Gasteiger partial charge on any atom is -0.351 e. The maximum absolute atomic E-state index is 14.8. The lowest BCUT2D eigenvalue weighted by molar-refractivity contribution is 0.578. The number of sulfonamides is 1. The zero-order valence-electron chi connectivity index (χ0n) is 15.8. The fourth-order valence-electron chi connectivity index (χ4n) is 3.32. The Morgan fingerprint density at radius 2 is 1.87 bits per heavy atom. The Kier molecular flexibility index (Phi) is 5.17. The fraction of sp³-hybridized carbons (Fsp3) is 0.150. The molecule has 0 saturated heterocycles. The summed E-state index contributed by atoms with van der Waals surface area (Å²) in [5.41, 5.74) is 1.08. The molecule has 4 rings (SSSR count). The second kappa shape index (κ2) is 7.79. The summed E-state index contributed by atoms with van der Waals surface area (Å²) in [6.07, 6.45) is 3.02. The molecule has 0 spiro atoms. The smallest absolute Gasteiger partial charge is 0.287 e. The summed E-state index contributed by atoms with van der Waals surface area (Å²) in [5.74, 6) is -1.95. The third kappa shape index (κ3) is 3.73. The van der Waals surface area contributed by atoms with Gasteiger partial charge < -0.3 is 10.6 Å². The minimum atomic E-state index is -4.09. The Morgan fingerprint density at radius 3 is 2.60 bits per heavy atom. The Labute approximate surface area is 171 Å². The second-order valence-corrected chi connectivity index (χ2v) is 8.29. The van der Waals surface area contributed by atoms with Crippen LogP contribution in [0.25, 0.3) is 0 Å². The van der Waals surface area contributed by atoms with Gasteiger partial charge in [0.2, 0.25) is 5.96 Å². The van der Waals surface area contributed by atoms with Crippen LogP contribution in [0.2, 0.25) is 0 Å². The summed E-state index contributed by atoms with van der Waals surface area (Å²) in [6, 6.07) is 9.91. The summed E-state index contributed by atoms with van der Waals surface area (Å²) >= 11 is 0. The Morgan fingerprint density at radius 1 is 1.07 bits per heavy atom. The number of halogens is 2. The van der Waals surface area contributed by atoms with Crippen molar-refractivity contribution in [3.63, 3.8) is 0 Å². The molecule has 2 aromatic carbocycles. The van der Waals surface area contributed by atoms with E-state index in [-0.39, 0.29) is 34.2 Å². The topological polar surface area (TPSA) is 96.3 Å². The zero-order valence-corrected chi connectivity index (χ0v) is 16.6. The van der Waals surface area contributed by atoms with Crippen LogP contribution in [0.5, 0.6) is 0 Å². The molecule has 2 heterocycles. The number of guanidine groups is 1. The summed E-state index contributed by atoms with van der Waals surface area (Å²) < 4.78 is 58.3. The second-order valence-electron chi connectivity index (χ2n) is 6.72. The van der Waals surface area contributed by atoms with Crippen LogP contribution in [0.3, 0.4) is 0 Å². The molecule has 0 unspecified atom stereocenters. The number of aromatic nitrogens is 2. The van der Waals surface area contributed by atoms with Gasteiger partial charge in [0.1, 0.15) is 16.5 Å². The molecule has 2 N–H and O–H groups in total. The highest BCUT2D eigenvalue weighted by molar-refractivity contribution is 7.90. The van der Waals surface area contributed by atoms with Crippen molar-refractivity contribution in [1.82, 2.24) is 15.5 Å². The molecule has 0 amide bonds. The molecule has 7 nitrogen and oxygen atoms in total. The zero-order chi connectivity index (χ0) is 21.3. The molecule has 0 bridgehead atoms. The number of fused-ring (bicyclic) bond motifs is 1. The van der Waals surface area contributed by atoms with Crippen molar-refractivity contribution >= 4 is 21.7 Å². The third-order valence-electron chi connectivity index (χ3n) is 4.80. The molecule has 0 fully saturated rings. The Hall–Kier alpha value is -3.40. The van der Waals surface area contributed by atoms with E-state index in [1.54, 1.807) is 25.1 Å². The van der Waals surface area contributed by atoms with Gasteiger partial charge in [-0.2, -0.15) is 18.6 Å². The van der Waals surface area contributed by atoms with E-state index in [0.717, 1.165) is 17.7 Å². The highest BCUT2D eigenvalue weighted by Crippen LogP contribution is 2.39. The van der Waals surface area contributed by atoms with Gasteiger partial charge in [0.25, 0.3) is 10.0 Å². The molecular formula is C20H17F2N5O2S. The molecule has 0 radical (unpaired) electrons. The van der Waals surface area contributed by atoms with Crippen LogP contribution in [0.1, 0.15) is 29.5 Å². The highest BCUT2D eigenvalue weighted by atomic mass is 32.2. The van der Waals surface area contributed by atoms with Crippen LogP contribution in [-0.4, -0.2) is 24.6 Å². The maximum Gasteiger partial charge on any atom is 0.287 e. The normalized spacial score (nSPS) is 15.5. The first kappa shape index (κ1) is 19.9. The highest BCUT2D eigenvalue weighted by Gasteiger charge is 2.31. The van der Waals surface area contributed by atoms with Gasteiger partial charge in [0, 0.05) is 24.2 Å². The van der Waals surface area contributed by atoms with Gasteiger partial charge in [0.05, 0.1) is 11.9 Å². The largest absolute Gasteiger partial charge is 0.351 e. The van der Waals surface area contributed by atoms with E-state index < -0.39 is 27.6 Å². The van der Waals surface area contributed by atoms with Gasteiger partial charge in [-0.05, 0) is 35.4 Å². The van der Waals surface area contributed by atoms with Crippen molar-refractivity contribution < 1.29 is 17.2 Å². The predicted octanol–water partition coefficient (Wildman–Crippen LogP) is 3.17. The lowest BCUT2D eigenvalue weighted by atomic mass is 9.91. The van der Waals surface area contributed by atoms with E-state index in [2.05, 4.69) is 25.2 Å². The molecule has 1 aliphatic rings. The average molecular weight is 429 g/mol. The van der Waals surface area contributed by atoms with E-state index in [9.17, 15) is 17.2 Å². The van der Waals surface area contributed by atoms with Crippen LogP contribution < -0.4 is 10.6 Å². The summed E-state index contributed by atoms with van der Waals surface area (Å²) in [4.78, 5) is -0.168. The van der Waals surface area contributed by atoms with Crippen LogP contribution in [0, 0.1) is 11.6 Å². The molecule has 0 aliphatic carbocycles. The van der Waals surface area contributed by atoms with Gasteiger partial charge in [-0.3, -0.25) is 0 Å². The van der Waals surface area contributed by atoms with Gasteiger partial charge in [-0.25, -0.2) is 8.78 Å². The van der Waals surface area contributed by atoms with Crippen LogP contribution in [0.15, 0.2) is 64.2 Å². The lowest BCUT2D eigenvalue weighted by Crippen LogP contribution is -2.35. The average Bonchev–Trinajstić information content (AvgIpc) is 2.72.